The molecule has 0 saturated heterocycles. The van der Waals surface area contributed by atoms with Crippen molar-refractivity contribution < 1.29 is 9.47 Å². The molecule has 1 aliphatic rings. The molecular formula is C15H24N2O2. The molecule has 2 rings (SSSR count). The first-order valence-electron chi connectivity index (χ1n) is 6.90. The van der Waals surface area contributed by atoms with Crippen molar-refractivity contribution in [3.8, 4) is 11.5 Å². The molecule has 0 aliphatic carbocycles. The minimum Gasteiger partial charge on any atom is -0.490 e. The first-order chi connectivity index (χ1) is 9.04. The third-order valence-corrected chi connectivity index (χ3v) is 3.76. The lowest BCUT2D eigenvalue weighted by atomic mass is 9.78. The van der Waals surface area contributed by atoms with Gasteiger partial charge in [-0.3, -0.25) is 0 Å². The Balaban J connectivity index is 2.23. The topological polar surface area (TPSA) is 70.5 Å². The van der Waals surface area contributed by atoms with E-state index < -0.39 is 0 Å². The van der Waals surface area contributed by atoms with Crippen molar-refractivity contribution in [2.75, 3.05) is 19.8 Å². The van der Waals surface area contributed by atoms with Crippen molar-refractivity contribution in [1.82, 2.24) is 0 Å². The Kier molecular flexibility index (Phi) is 4.32. The molecule has 0 amide bonds. The van der Waals surface area contributed by atoms with Crippen LogP contribution in [0.25, 0.3) is 0 Å². The number of benzene rings is 1. The minimum absolute atomic E-state index is 0.0332. The Bertz CT molecular complexity index is 432. The predicted molar refractivity (Wildman–Crippen MR) is 76.4 cm³/mol. The fraction of sp³-hybridized carbons (Fsp3) is 0.600. The van der Waals surface area contributed by atoms with E-state index in [-0.39, 0.29) is 11.5 Å². The van der Waals surface area contributed by atoms with Gasteiger partial charge < -0.3 is 20.9 Å². The van der Waals surface area contributed by atoms with E-state index in [2.05, 4.69) is 13.8 Å². The van der Waals surface area contributed by atoms with Crippen LogP contribution in [0.15, 0.2) is 18.2 Å². The fourth-order valence-corrected chi connectivity index (χ4v) is 2.35. The molecule has 106 valence electrons. The van der Waals surface area contributed by atoms with Gasteiger partial charge in [-0.1, -0.05) is 19.9 Å². The van der Waals surface area contributed by atoms with Crippen LogP contribution in [-0.4, -0.2) is 19.8 Å². The van der Waals surface area contributed by atoms with Gasteiger partial charge in [-0.15, -0.1) is 0 Å². The van der Waals surface area contributed by atoms with Gasteiger partial charge in [-0.25, -0.2) is 0 Å². The lowest BCUT2D eigenvalue weighted by Gasteiger charge is -2.31. The lowest BCUT2D eigenvalue weighted by molar-refractivity contribution is 0.269. The third-order valence-electron chi connectivity index (χ3n) is 3.76. The molecule has 1 aliphatic heterocycles. The highest BCUT2D eigenvalue weighted by Crippen LogP contribution is 2.38. The summed E-state index contributed by atoms with van der Waals surface area (Å²) in [5.41, 5.74) is 13.1. The van der Waals surface area contributed by atoms with Crippen LogP contribution in [-0.2, 0) is 0 Å². The lowest BCUT2D eigenvalue weighted by Crippen LogP contribution is -2.31. The van der Waals surface area contributed by atoms with Gasteiger partial charge in [0, 0.05) is 12.5 Å². The summed E-state index contributed by atoms with van der Waals surface area (Å²) in [5, 5.41) is 0. The zero-order chi connectivity index (χ0) is 13.9. The van der Waals surface area contributed by atoms with E-state index in [0.717, 1.165) is 29.9 Å². The number of fused-ring (bicyclic) bond motifs is 1. The first-order valence-corrected chi connectivity index (χ1v) is 6.90. The molecule has 0 saturated carbocycles. The van der Waals surface area contributed by atoms with Gasteiger partial charge in [0.15, 0.2) is 11.5 Å². The number of hydrogen-bond donors (Lipinski definition) is 2. The quantitative estimate of drug-likeness (QED) is 0.874. The van der Waals surface area contributed by atoms with Gasteiger partial charge in [-0.05, 0) is 36.1 Å². The van der Waals surface area contributed by atoms with Crippen molar-refractivity contribution in [1.29, 1.82) is 0 Å². The monoisotopic (exact) mass is 264 g/mol. The van der Waals surface area contributed by atoms with Crippen LogP contribution in [0.4, 0.5) is 0 Å². The summed E-state index contributed by atoms with van der Waals surface area (Å²) in [6, 6.07) is 5.92. The molecule has 0 fully saturated rings. The van der Waals surface area contributed by atoms with Gasteiger partial charge in [0.05, 0.1) is 13.2 Å². The molecule has 1 unspecified atom stereocenters. The van der Waals surface area contributed by atoms with Crippen LogP contribution in [0.1, 0.15) is 38.3 Å². The molecule has 19 heavy (non-hydrogen) atoms. The number of ether oxygens (including phenoxy) is 2. The summed E-state index contributed by atoms with van der Waals surface area (Å²) in [4.78, 5) is 0. The van der Waals surface area contributed by atoms with Crippen molar-refractivity contribution in [3.63, 3.8) is 0 Å². The van der Waals surface area contributed by atoms with E-state index in [1.54, 1.807) is 0 Å². The van der Waals surface area contributed by atoms with E-state index in [1.807, 2.05) is 18.2 Å². The molecular weight excluding hydrogens is 240 g/mol. The van der Waals surface area contributed by atoms with Crippen LogP contribution in [0.2, 0.25) is 0 Å². The largest absolute Gasteiger partial charge is 0.490 e. The van der Waals surface area contributed by atoms with E-state index in [1.165, 1.54) is 0 Å². The summed E-state index contributed by atoms with van der Waals surface area (Å²) in [5.74, 6) is 1.61. The molecule has 4 nitrogen and oxygen atoms in total. The van der Waals surface area contributed by atoms with E-state index in [0.29, 0.717) is 19.8 Å². The Morgan fingerprint density at radius 3 is 2.58 bits per heavy atom. The summed E-state index contributed by atoms with van der Waals surface area (Å²) in [7, 11) is 0. The predicted octanol–water partition coefficient (Wildman–Crippen LogP) is 2.22. The minimum atomic E-state index is -0.0618. The molecule has 0 spiro atoms. The van der Waals surface area contributed by atoms with Crippen LogP contribution in [0.5, 0.6) is 11.5 Å². The van der Waals surface area contributed by atoms with Crippen LogP contribution in [0.3, 0.4) is 0 Å². The van der Waals surface area contributed by atoms with Gasteiger partial charge in [-0.2, -0.15) is 0 Å². The van der Waals surface area contributed by atoms with Gasteiger partial charge in [0.1, 0.15) is 0 Å². The van der Waals surface area contributed by atoms with Gasteiger partial charge >= 0.3 is 0 Å². The standard InChI is InChI=1S/C15H24N2O2/c1-15(2,6-7-16)14(17)11-4-5-12-13(10-11)19-9-3-8-18-12/h4-5,10,14H,3,6-9,16-17H2,1-2H3. The normalized spacial score (nSPS) is 16.8. The molecule has 1 atom stereocenters. The molecule has 0 aromatic heterocycles. The smallest absolute Gasteiger partial charge is 0.161 e. The summed E-state index contributed by atoms with van der Waals surface area (Å²) < 4.78 is 11.3. The summed E-state index contributed by atoms with van der Waals surface area (Å²) in [6.07, 6.45) is 1.80. The van der Waals surface area contributed by atoms with Crippen LogP contribution < -0.4 is 20.9 Å². The van der Waals surface area contributed by atoms with Crippen molar-refractivity contribution in [2.24, 2.45) is 16.9 Å². The number of nitrogens with two attached hydrogens (primary N) is 2. The van der Waals surface area contributed by atoms with E-state index >= 15 is 0 Å². The highest BCUT2D eigenvalue weighted by molar-refractivity contribution is 5.44. The molecule has 4 heteroatoms. The highest BCUT2D eigenvalue weighted by Gasteiger charge is 2.27. The highest BCUT2D eigenvalue weighted by atomic mass is 16.5. The maximum atomic E-state index is 6.38. The zero-order valence-corrected chi connectivity index (χ0v) is 11.8. The molecule has 1 aromatic carbocycles. The molecule has 1 heterocycles. The Labute approximate surface area is 115 Å². The molecule has 4 N–H and O–H groups in total. The summed E-state index contributed by atoms with van der Waals surface area (Å²) >= 11 is 0. The van der Waals surface area contributed by atoms with E-state index in [4.69, 9.17) is 20.9 Å². The SMILES string of the molecule is CC(C)(CCN)C(N)c1ccc2c(c1)OCCCO2. The summed E-state index contributed by atoms with van der Waals surface area (Å²) in [6.45, 7) is 6.33. The maximum absolute atomic E-state index is 6.38. The van der Waals surface area contributed by atoms with Crippen LogP contribution in [0, 0.1) is 5.41 Å². The number of hydrogen-bond acceptors (Lipinski definition) is 4. The third kappa shape index (κ3) is 3.19. The molecule has 1 aromatic rings. The molecule has 0 radical (unpaired) electrons. The van der Waals surface area contributed by atoms with Gasteiger partial charge in [0.25, 0.3) is 0 Å². The van der Waals surface area contributed by atoms with Crippen molar-refractivity contribution >= 4 is 0 Å². The second kappa shape index (κ2) is 5.80. The Morgan fingerprint density at radius 1 is 1.21 bits per heavy atom. The van der Waals surface area contributed by atoms with Crippen molar-refractivity contribution in [2.45, 2.75) is 32.7 Å². The van der Waals surface area contributed by atoms with Gasteiger partial charge in [0.2, 0.25) is 0 Å². The molecule has 0 bridgehead atoms. The maximum Gasteiger partial charge on any atom is 0.161 e. The van der Waals surface area contributed by atoms with Crippen LogP contribution >= 0.6 is 0 Å². The average Bonchev–Trinajstić information content (AvgIpc) is 2.61. The fourth-order valence-electron chi connectivity index (χ4n) is 2.35. The second-order valence-corrected chi connectivity index (χ2v) is 5.76. The average molecular weight is 264 g/mol. The number of rotatable bonds is 4. The van der Waals surface area contributed by atoms with E-state index in [9.17, 15) is 0 Å². The zero-order valence-electron chi connectivity index (χ0n) is 11.8. The second-order valence-electron chi connectivity index (χ2n) is 5.76. The Hall–Kier alpha value is -1.26. The van der Waals surface area contributed by atoms with Crippen molar-refractivity contribution in [3.05, 3.63) is 23.8 Å². The Morgan fingerprint density at radius 2 is 1.89 bits per heavy atom. The first kappa shape index (κ1) is 14.2.